The number of likely N-dealkylation sites (tertiary alicyclic amines) is 1. The predicted molar refractivity (Wildman–Crippen MR) is 52.3 cm³/mol. The van der Waals surface area contributed by atoms with Crippen molar-refractivity contribution in [3.8, 4) is 0 Å². The van der Waals surface area contributed by atoms with E-state index >= 15 is 0 Å². The molecular weight excluding hydrogens is 200 g/mol. The summed E-state index contributed by atoms with van der Waals surface area (Å²) in [6.45, 7) is 1.18. The van der Waals surface area contributed by atoms with Crippen molar-refractivity contribution in [3.05, 3.63) is 0 Å². The van der Waals surface area contributed by atoms with Crippen molar-refractivity contribution >= 4 is 11.8 Å². The number of carbonyl (C=O) groups is 2. The van der Waals surface area contributed by atoms with E-state index in [2.05, 4.69) is 10.2 Å². The van der Waals surface area contributed by atoms with Crippen LogP contribution in [0.3, 0.4) is 0 Å². The lowest BCUT2D eigenvalue weighted by Gasteiger charge is -2.15. The van der Waals surface area contributed by atoms with Crippen molar-refractivity contribution in [2.24, 2.45) is 11.6 Å². The number of nitrogens with two attached hydrogens (primary N) is 2. The highest BCUT2D eigenvalue weighted by Crippen LogP contribution is 2.07. The van der Waals surface area contributed by atoms with E-state index in [-0.39, 0.29) is 25.0 Å². The topological polar surface area (TPSA) is 111 Å². The zero-order chi connectivity index (χ0) is 11.3. The molecule has 86 valence electrons. The molecule has 5 N–H and O–H groups in total. The van der Waals surface area contributed by atoms with Gasteiger partial charge in [0.1, 0.15) is 0 Å². The molecule has 1 saturated heterocycles. The Balaban J connectivity index is 2.23. The van der Waals surface area contributed by atoms with Gasteiger partial charge in [0.05, 0.1) is 19.2 Å². The Kier molecular flexibility index (Phi) is 4.47. The van der Waals surface area contributed by atoms with Crippen LogP contribution in [-0.4, -0.2) is 49.0 Å². The first kappa shape index (κ1) is 11.9. The van der Waals surface area contributed by atoms with Crippen molar-refractivity contribution in [1.29, 1.82) is 0 Å². The molecule has 7 heteroatoms. The molecule has 1 heterocycles. The Bertz CT molecular complexity index is 246. The van der Waals surface area contributed by atoms with Gasteiger partial charge in [0.2, 0.25) is 11.8 Å². The zero-order valence-electron chi connectivity index (χ0n) is 8.44. The summed E-state index contributed by atoms with van der Waals surface area (Å²) in [5.74, 6) is 4.39. The van der Waals surface area contributed by atoms with Crippen LogP contribution in [0.15, 0.2) is 0 Å². The van der Waals surface area contributed by atoms with Crippen LogP contribution in [0.2, 0.25) is 0 Å². The fourth-order valence-corrected chi connectivity index (χ4v) is 1.40. The molecule has 0 radical (unpaired) electrons. The molecular formula is C8H16N4O3. The summed E-state index contributed by atoms with van der Waals surface area (Å²) in [5.41, 5.74) is 5.51. The first-order valence-electron chi connectivity index (χ1n) is 4.78. The third-order valence-corrected chi connectivity index (χ3v) is 2.22. The van der Waals surface area contributed by atoms with Crippen molar-refractivity contribution in [3.63, 3.8) is 0 Å². The molecule has 15 heavy (non-hydrogen) atoms. The van der Waals surface area contributed by atoms with E-state index in [9.17, 15) is 9.59 Å². The van der Waals surface area contributed by atoms with Gasteiger partial charge in [-0.2, -0.15) is 0 Å². The number of carbonyl (C=O) groups excluding carboxylic acids is 2. The molecule has 1 aliphatic heterocycles. The van der Waals surface area contributed by atoms with Gasteiger partial charge < -0.3 is 20.8 Å². The number of hydrogen-bond donors (Lipinski definition) is 3. The number of nitrogens with one attached hydrogen (secondary N) is 1. The predicted octanol–water partition coefficient (Wildman–Crippen LogP) is -2.45. The van der Waals surface area contributed by atoms with Crippen LogP contribution in [0.4, 0.5) is 0 Å². The second-order valence-corrected chi connectivity index (χ2v) is 3.38. The quantitative estimate of drug-likeness (QED) is 0.349. The van der Waals surface area contributed by atoms with Crippen molar-refractivity contribution in [2.75, 3.05) is 26.2 Å². The molecule has 1 aliphatic rings. The monoisotopic (exact) mass is 216 g/mol. The molecule has 0 spiro atoms. The van der Waals surface area contributed by atoms with Crippen LogP contribution in [0.25, 0.3) is 0 Å². The van der Waals surface area contributed by atoms with Crippen molar-refractivity contribution in [1.82, 2.24) is 10.2 Å². The molecule has 0 aliphatic carbocycles. The molecule has 2 amide bonds. The van der Waals surface area contributed by atoms with Crippen LogP contribution in [-0.2, 0) is 14.4 Å². The van der Waals surface area contributed by atoms with Crippen molar-refractivity contribution < 1.29 is 14.4 Å². The first-order chi connectivity index (χ1) is 7.15. The van der Waals surface area contributed by atoms with E-state index in [0.29, 0.717) is 19.5 Å². The average molecular weight is 216 g/mol. The van der Waals surface area contributed by atoms with Gasteiger partial charge in [-0.25, -0.2) is 5.90 Å². The van der Waals surface area contributed by atoms with E-state index in [0.717, 1.165) is 0 Å². The van der Waals surface area contributed by atoms with Crippen molar-refractivity contribution in [2.45, 2.75) is 12.5 Å². The fraction of sp³-hybridized carbons (Fsp3) is 0.750. The number of rotatable bonds is 5. The lowest BCUT2D eigenvalue weighted by atomic mass is 10.3. The Hall–Kier alpha value is -1.18. The van der Waals surface area contributed by atoms with E-state index in [1.54, 1.807) is 0 Å². The molecule has 7 nitrogen and oxygen atoms in total. The van der Waals surface area contributed by atoms with Gasteiger partial charge >= 0.3 is 0 Å². The minimum Gasteiger partial charge on any atom is -0.352 e. The minimum absolute atomic E-state index is 0.0527. The highest BCUT2D eigenvalue weighted by Gasteiger charge is 2.29. The molecule has 1 rings (SSSR count). The first-order valence-corrected chi connectivity index (χ1v) is 4.78. The molecule has 0 aromatic rings. The highest BCUT2D eigenvalue weighted by atomic mass is 16.6. The SMILES string of the molecule is NOCCNC(=O)CN1CC[C@H](N)C1=O. The highest BCUT2D eigenvalue weighted by molar-refractivity contribution is 5.88. The summed E-state index contributed by atoms with van der Waals surface area (Å²) in [4.78, 5) is 28.4. The van der Waals surface area contributed by atoms with Gasteiger partial charge in [-0.1, -0.05) is 0 Å². The molecule has 0 unspecified atom stereocenters. The summed E-state index contributed by atoms with van der Waals surface area (Å²) in [6.07, 6.45) is 0.609. The normalized spacial score (nSPS) is 20.8. The summed E-state index contributed by atoms with van der Waals surface area (Å²) >= 11 is 0. The maximum atomic E-state index is 11.3. The van der Waals surface area contributed by atoms with Crippen LogP contribution in [0.5, 0.6) is 0 Å². The Labute approximate surface area is 87.7 Å². The maximum Gasteiger partial charge on any atom is 0.240 e. The molecule has 0 bridgehead atoms. The van der Waals surface area contributed by atoms with Gasteiger partial charge in [-0.3, -0.25) is 9.59 Å². The summed E-state index contributed by atoms with van der Waals surface area (Å²) in [6, 6.07) is -0.454. The van der Waals surface area contributed by atoms with Crippen LogP contribution >= 0.6 is 0 Å². The van der Waals surface area contributed by atoms with Crippen LogP contribution < -0.4 is 16.9 Å². The van der Waals surface area contributed by atoms with Crippen LogP contribution in [0.1, 0.15) is 6.42 Å². The summed E-state index contributed by atoms with van der Waals surface area (Å²) < 4.78 is 0. The number of amides is 2. The van der Waals surface area contributed by atoms with Gasteiger partial charge in [-0.05, 0) is 6.42 Å². The van der Waals surface area contributed by atoms with Gasteiger partial charge in [0, 0.05) is 13.1 Å². The van der Waals surface area contributed by atoms with Gasteiger partial charge in [0.25, 0.3) is 0 Å². The number of nitrogens with zero attached hydrogens (tertiary/aromatic N) is 1. The summed E-state index contributed by atoms with van der Waals surface area (Å²) in [7, 11) is 0. The Morgan fingerprint density at radius 2 is 2.40 bits per heavy atom. The Morgan fingerprint density at radius 3 is 2.93 bits per heavy atom. The third-order valence-electron chi connectivity index (χ3n) is 2.22. The lowest BCUT2D eigenvalue weighted by Crippen LogP contribution is -2.41. The lowest BCUT2D eigenvalue weighted by molar-refractivity contribution is -0.133. The third kappa shape index (κ3) is 3.46. The fourth-order valence-electron chi connectivity index (χ4n) is 1.40. The molecule has 0 aromatic heterocycles. The van der Waals surface area contributed by atoms with E-state index in [4.69, 9.17) is 11.6 Å². The maximum absolute atomic E-state index is 11.3. The zero-order valence-corrected chi connectivity index (χ0v) is 8.44. The summed E-state index contributed by atoms with van der Waals surface area (Å²) in [5, 5.41) is 2.57. The average Bonchev–Trinajstić information content (AvgIpc) is 2.50. The second kappa shape index (κ2) is 5.64. The van der Waals surface area contributed by atoms with E-state index in [1.807, 2.05) is 0 Å². The molecule has 0 saturated carbocycles. The number of hydrogen-bond acceptors (Lipinski definition) is 5. The molecule has 1 atom stereocenters. The second-order valence-electron chi connectivity index (χ2n) is 3.38. The largest absolute Gasteiger partial charge is 0.352 e. The van der Waals surface area contributed by atoms with Crippen LogP contribution in [0, 0.1) is 0 Å². The minimum atomic E-state index is -0.454. The smallest absolute Gasteiger partial charge is 0.240 e. The Morgan fingerprint density at radius 1 is 1.67 bits per heavy atom. The standard InChI is InChI=1S/C8H16N4O3/c9-6-1-3-12(8(6)14)5-7(13)11-2-4-15-10/h6H,1-5,9-10H2,(H,11,13)/t6-/m0/s1. The van der Waals surface area contributed by atoms with E-state index < -0.39 is 6.04 Å². The van der Waals surface area contributed by atoms with Gasteiger partial charge in [-0.15, -0.1) is 0 Å². The van der Waals surface area contributed by atoms with Gasteiger partial charge in [0.15, 0.2) is 0 Å². The molecule has 0 aromatic carbocycles. The van der Waals surface area contributed by atoms with E-state index in [1.165, 1.54) is 4.90 Å². The molecule has 1 fully saturated rings.